The van der Waals surface area contributed by atoms with E-state index in [2.05, 4.69) is 30.2 Å². The van der Waals surface area contributed by atoms with Gasteiger partial charge in [-0.15, -0.1) is 0 Å². The number of fused-ring (bicyclic) bond motifs is 2. The van der Waals surface area contributed by atoms with Gasteiger partial charge in [0, 0.05) is 29.5 Å². The summed E-state index contributed by atoms with van der Waals surface area (Å²) in [5.74, 6) is 0.494. The SMILES string of the molecule is CCc1ccccc1C(=O)N(COCCS(C)(C)C)c1cccc(CC(C#N)NC(=O)C2C3CCC(C3)N2C(=O)OC(C)(C)C)c1. The molecule has 1 saturated carbocycles. The van der Waals surface area contributed by atoms with Crippen molar-refractivity contribution in [1.29, 1.82) is 5.26 Å². The molecule has 1 aliphatic heterocycles. The van der Waals surface area contributed by atoms with E-state index in [0.717, 1.165) is 42.6 Å². The number of carbonyl (C=O) groups is 3. The molecule has 1 heterocycles. The van der Waals surface area contributed by atoms with Crippen molar-refractivity contribution in [2.45, 2.75) is 83.5 Å². The molecule has 0 aromatic heterocycles. The van der Waals surface area contributed by atoms with Gasteiger partial charge >= 0.3 is 6.09 Å². The summed E-state index contributed by atoms with van der Waals surface area (Å²) in [6, 6.07) is 15.8. The number of carbonyl (C=O) groups excluding carboxylic acids is 3. The molecule has 2 aliphatic rings. The van der Waals surface area contributed by atoms with Gasteiger partial charge in [0.1, 0.15) is 24.4 Å². The minimum atomic E-state index is -0.821. The highest BCUT2D eigenvalue weighted by Gasteiger charge is 2.52. The molecule has 4 unspecified atom stereocenters. The van der Waals surface area contributed by atoms with E-state index in [1.165, 1.54) is 0 Å². The lowest BCUT2D eigenvalue weighted by Gasteiger charge is -2.35. The highest BCUT2D eigenvalue weighted by atomic mass is 32.3. The van der Waals surface area contributed by atoms with Crippen molar-refractivity contribution >= 4 is 33.6 Å². The van der Waals surface area contributed by atoms with Gasteiger partial charge in [0.15, 0.2) is 0 Å². The summed E-state index contributed by atoms with van der Waals surface area (Å²) in [5.41, 5.74) is 2.36. The van der Waals surface area contributed by atoms with Crippen molar-refractivity contribution < 1.29 is 23.9 Å². The van der Waals surface area contributed by atoms with E-state index in [9.17, 15) is 19.6 Å². The van der Waals surface area contributed by atoms with Gasteiger partial charge in [-0.25, -0.2) is 14.8 Å². The van der Waals surface area contributed by atoms with E-state index < -0.39 is 33.8 Å². The monoisotopic (exact) mass is 650 g/mol. The molecule has 4 rings (SSSR count). The number of aryl methyl sites for hydroxylation is 1. The Bertz CT molecular complexity index is 1440. The second-order valence-electron chi connectivity index (χ2n) is 14.2. The van der Waals surface area contributed by atoms with Gasteiger partial charge in [-0.05, 0) is 100 Å². The first-order valence-corrected chi connectivity index (χ1v) is 19.2. The standard InChI is InChI=1S/C36H50N4O5S/c1-8-26-13-9-10-15-31(26)34(42)39(24-44-18-19-46(5,6)7)29-14-11-12-25(21-29)20-28(23-37)38-33(41)32-27-16-17-30(22-27)40(32)35(43)45-36(2,3)4/h9-15,21,27-28,30,32H,8,16-20,22,24H2,1-7H3,(H,38,41). The zero-order chi connectivity index (χ0) is 33.6. The van der Waals surface area contributed by atoms with E-state index in [-0.39, 0.29) is 36.9 Å². The summed E-state index contributed by atoms with van der Waals surface area (Å²) < 4.78 is 11.7. The molecule has 1 saturated heterocycles. The molecule has 0 spiro atoms. The number of piperidine rings is 1. The van der Waals surface area contributed by atoms with E-state index >= 15 is 0 Å². The molecule has 250 valence electrons. The van der Waals surface area contributed by atoms with Crippen LogP contribution >= 0.6 is 10.0 Å². The first kappa shape index (κ1) is 35.3. The number of benzene rings is 2. The van der Waals surface area contributed by atoms with E-state index in [1.807, 2.05) is 76.2 Å². The Hall–Kier alpha value is -3.55. The molecule has 2 aromatic rings. The largest absolute Gasteiger partial charge is 0.444 e. The maximum Gasteiger partial charge on any atom is 0.411 e. The van der Waals surface area contributed by atoms with Crippen molar-refractivity contribution in [3.05, 3.63) is 65.2 Å². The number of anilines is 1. The first-order valence-electron chi connectivity index (χ1n) is 16.1. The van der Waals surface area contributed by atoms with Crippen LogP contribution in [0.15, 0.2) is 48.5 Å². The van der Waals surface area contributed by atoms with Crippen molar-refractivity contribution in [3.8, 4) is 6.07 Å². The van der Waals surface area contributed by atoms with Crippen LogP contribution in [-0.4, -0.2) is 84.4 Å². The Morgan fingerprint density at radius 3 is 2.52 bits per heavy atom. The first-order chi connectivity index (χ1) is 21.7. The van der Waals surface area contributed by atoms with Crippen molar-refractivity contribution in [2.75, 3.05) is 42.8 Å². The molecular weight excluding hydrogens is 600 g/mol. The van der Waals surface area contributed by atoms with Gasteiger partial charge in [0.05, 0.1) is 12.7 Å². The molecule has 0 radical (unpaired) electrons. The summed E-state index contributed by atoms with van der Waals surface area (Å²) in [6.45, 7) is 8.10. The summed E-state index contributed by atoms with van der Waals surface area (Å²) in [7, 11) is -0.751. The fraction of sp³-hybridized carbons (Fsp3) is 0.556. The van der Waals surface area contributed by atoms with Crippen LogP contribution in [-0.2, 0) is 27.1 Å². The lowest BCUT2D eigenvalue weighted by molar-refractivity contribution is -0.128. The van der Waals surface area contributed by atoms with Gasteiger partial charge in [-0.2, -0.15) is 5.26 Å². The fourth-order valence-electron chi connectivity index (χ4n) is 6.27. The van der Waals surface area contributed by atoms with Crippen LogP contribution in [0.3, 0.4) is 0 Å². The normalized spacial score (nSPS) is 20.1. The highest BCUT2D eigenvalue weighted by molar-refractivity contribution is 8.32. The van der Waals surface area contributed by atoms with Crippen LogP contribution in [0.2, 0.25) is 0 Å². The van der Waals surface area contributed by atoms with Crippen molar-refractivity contribution in [3.63, 3.8) is 0 Å². The molecule has 10 heteroatoms. The number of likely N-dealkylation sites (tertiary alicyclic amines) is 1. The summed E-state index contributed by atoms with van der Waals surface area (Å²) in [4.78, 5) is 43.8. The summed E-state index contributed by atoms with van der Waals surface area (Å²) >= 11 is 0. The third-order valence-corrected chi connectivity index (χ3v) is 9.92. The van der Waals surface area contributed by atoms with Crippen LogP contribution in [0.5, 0.6) is 0 Å². The zero-order valence-corrected chi connectivity index (χ0v) is 29.2. The van der Waals surface area contributed by atoms with E-state index in [4.69, 9.17) is 9.47 Å². The van der Waals surface area contributed by atoms with Crippen LogP contribution in [0.4, 0.5) is 10.5 Å². The number of hydrogen-bond acceptors (Lipinski definition) is 6. The number of nitrogens with zero attached hydrogens (tertiary/aromatic N) is 3. The fourth-order valence-corrected chi connectivity index (χ4v) is 6.89. The van der Waals surface area contributed by atoms with Crippen molar-refractivity contribution in [1.82, 2.24) is 10.2 Å². The maximum absolute atomic E-state index is 13.9. The molecule has 2 aromatic carbocycles. The number of hydrogen-bond donors (Lipinski definition) is 1. The Morgan fingerprint density at radius 1 is 1.11 bits per heavy atom. The molecule has 4 atom stereocenters. The van der Waals surface area contributed by atoms with Crippen molar-refractivity contribution in [2.24, 2.45) is 5.92 Å². The van der Waals surface area contributed by atoms with Gasteiger partial charge in [-0.3, -0.25) is 19.4 Å². The Morgan fingerprint density at radius 2 is 1.85 bits per heavy atom. The van der Waals surface area contributed by atoms with Crippen LogP contribution in [0.25, 0.3) is 0 Å². The molecule has 2 fully saturated rings. The number of ether oxygens (including phenoxy) is 2. The quantitative estimate of drug-likeness (QED) is 0.226. The minimum absolute atomic E-state index is 0.0267. The zero-order valence-electron chi connectivity index (χ0n) is 28.4. The van der Waals surface area contributed by atoms with Gasteiger partial charge in [0.25, 0.3) is 5.91 Å². The van der Waals surface area contributed by atoms with Gasteiger partial charge < -0.3 is 14.8 Å². The van der Waals surface area contributed by atoms with Crippen LogP contribution < -0.4 is 10.2 Å². The molecule has 2 bridgehead atoms. The summed E-state index contributed by atoms with van der Waals surface area (Å²) in [5, 5.41) is 13.0. The number of rotatable bonds is 12. The second-order valence-corrected chi connectivity index (χ2v) is 18.8. The molecule has 1 aliphatic carbocycles. The predicted octanol–water partition coefficient (Wildman–Crippen LogP) is 5.90. The predicted molar refractivity (Wildman–Crippen MR) is 184 cm³/mol. The molecular formula is C36H50N4O5S. The van der Waals surface area contributed by atoms with Crippen LogP contribution in [0.1, 0.15) is 68.4 Å². The maximum atomic E-state index is 13.9. The van der Waals surface area contributed by atoms with E-state index in [0.29, 0.717) is 17.9 Å². The Kier molecular flexibility index (Phi) is 11.4. The minimum Gasteiger partial charge on any atom is -0.444 e. The Labute approximate surface area is 275 Å². The highest BCUT2D eigenvalue weighted by Crippen LogP contribution is 2.43. The van der Waals surface area contributed by atoms with E-state index in [1.54, 1.807) is 9.80 Å². The summed E-state index contributed by atoms with van der Waals surface area (Å²) in [6.07, 6.45) is 9.66. The third-order valence-electron chi connectivity index (χ3n) is 8.53. The molecule has 9 nitrogen and oxygen atoms in total. The third kappa shape index (κ3) is 9.04. The average molecular weight is 651 g/mol. The molecule has 46 heavy (non-hydrogen) atoms. The molecule has 3 amide bonds. The smallest absolute Gasteiger partial charge is 0.411 e. The topological polar surface area (TPSA) is 112 Å². The number of nitriles is 1. The number of nitrogens with one attached hydrogen (secondary N) is 1. The van der Waals surface area contributed by atoms with Gasteiger partial charge in [0.2, 0.25) is 5.91 Å². The molecule has 1 N–H and O–H groups in total. The van der Waals surface area contributed by atoms with Gasteiger partial charge in [-0.1, -0.05) is 37.3 Å². The number of amides is 3. The Balaban J connectivity index is 1.51. The second kappa shape index (κ2) is 14.9. The lowest BCUT2D eigenvalue weighted by Crippen LogP contribution is -2.55. The lowest BCUT2D eigenvalue weighted by atomic mass is 9.97. The van der Waals surface area contributed by atoms with Crippen LogP contribution in [0, 0.1) is 17.2 Å². The average Bonchev–Trinajstić information content (AvgIpc) is 3.61.